The first-order valence-electron chi connectivity index (χ1n) is 27.0. The molecule has 8 heteroatoms. The van der Waals surface area contributed by atoms with Crippen LogP contribution in [0.4, 0.5) is 0 Å². The molecule has 0 spiro atoms. The molecule has 0 amide bonds. The Morgan fingerprint density at radius 1 is 0.301 bits per heavy atom. The summed E-state index contributed by atoms with van der Waals surface area (Å²) in [6.07, 6.45) is 0. The Balaban J connectivity index is 0.000000752. The normalized spacial score (nSPS) is 15.7. The minimum Gasteiger partial charge on any atom is -0.508 e. The van der Waals surface area contributed by atoms with Crippen LogP contribution in [0.15, 0.2) is 54.6 Å². The Labute approximate surface area is 470 Å². The van der Waals surface area contributed by atoms with E-state index in [1.165, 1.54) is 22.3 Å². The fourth-order valence-corrected chi connectivity index (χ4v) is 9.44. The van der Waals surface area contributed by atoms with Gasteiger partial charge in [0.05, 0.1) is 0 Å². The molecule has 0 saturated carbocycles. The topological polar surface area (TPSA) is 90.6 Å². The van der Waals surface area contributed by atoms with Gasteiger partial charge in [0.15, 0.2) is 0 Å². The van der Waals surface area contributed by atoms with Crippen LogP contribution in [0.2, 0.25) is 0 Å². The third-order valence-electron chi connectivity index (χ3n) is 14.6. The van der Waals surface area contributed by atoms with Crippen LogP contribution in [0.1, 0.15) is 227 Å². The molecule has 0 aromatic heterocycles. The summed E-state index contributed by atoms with van der Waals surface area (Å²) in [6, 6.07) is 19.2. The Bertz CT molecular complexity index is 2260. The molecule has 0 bridgehead atoms. The van der Waals surface area contributed by atoms with Gasteiger partial charge in [-0.2, -0.15) is 0 Å². The first-order chi connectivity index (χ1) is 32.4. The zero-order valence-electron chi connectivity index (χ0n) is 50.7. The molecule has 4 aromatic carbocycles. The van der Waals surface area contributed by atoms with Crippen molar-refractivity contribution in [2.24, 2.45) is 0 Å². The van der Waals surface area contributed by atoms with Crippen molar-refractivity contribution < 1.29 is 51.5 Å². The van der Waals surface area contributed by atoms with Crippen LogP contribution in [0.25, 0.3) is 0 Å². The Morgan fingerprint density at radius 3 is 0.726 bits per heavy atom. The van der Waals surface area contributed by atoms with Gasteiger partial charge in [0.25, 0.3) is 0 Å². The molecule has 0 atom stereocenters. The van der Waals surface area contributed by atoms with E-state index in [1.807, 2.05) is 6.07 Å². The number of benzene rings is 4. The van der Waals surface area contributed by atoms with Gasteiger partial charge in [0.1, 0.15) is 23.0 Å². The fraction of sp³-hybridized carbons (Fsp3) is 0.631. The monoisotopic (exact) mass is 1230 g/mol. The van der Waals surface area contributed by atoms with Crippen molar-refractivity contribution in [3.63, 3.8) is 0 Å². The molecule has 73 heavy (non-hydrogen) atoms. The van der Waals surface area contributed by atoms with E-state index in [2.05, 4.69) is 223 Å². The molecule has 5 rings (SSSR count). The van der Waals surface area contributed by atoms with Gasteiger partial charge >= 0.3 is 0 Å². The summed E-state index contributed by atoms with van der Waals surface area (Å²) >= 11 is 0. The van der Waals surface area contributed by atoms with Crippen molar-refractivity contribution >= 4 is 0 Å². The Hall–Kier alpha value is -2.99. The minimum atomic E-state index is -0.202. The van der Waals surface area contributed by atoms with Crippen LogP contribution in [-0.2, 0) is 63.0 Å². The maximum atomic E-state index is 11.8. The number of phenols is 4. The zero-order valence-corrected chi connectivity index (χ0v) is 54.9. The summed E-state index contributed by atoms with van der Waals surface area (Å²) in [4.78, 5) is 7.49. The van der Waals surface area contributed by atoms with Crippen LogP contribution >= 0.6 is 0 Å². The largest absolute Gasteiger partial charge is 0.508 e. The summed E-state index contributed by atoms with van der Waals surface area (Å²) in [5.74, 6) is 1.61. The summed E-state index contributed by atoms with van der Waals surface area (Å²) in [6.45, 7) is 59.6. The van der Waals surface area contributed by atoms with Gasteiger partial charge in [-0.05, 0) is 93.9 Å². The molecular formula is C65H103N3O4U. The van der Waals surface area contributed by atoms with E-state index < -0.39 is 0 Å². The molecule has 0 unspecified atom stereocenters. The van der Waals surface area contributed by atoms with E-state index in [1.54, 1.807) is 6.07 Å². The second-order valence-corrected chi connectivity index (χ2v) is 29.7. The summed E-state index contributed by atoms with van der Waals surface area (Å²) < 4.78 is 0. The van der Waals surface area contributed by atoms with Crippen molar-refractivity contribution in [3.05, 3.63) is 116 Å². The molecule has 0 aliphatic carbocycles. The number of rotatable bonds is 6. The van der Waals surface area contributed by atoms with Crippen LogP contribution in [0.5, 0.6) is 23.0 Å². The van der Waals surface area contributed by atoms with Crippen LogP contribution in [-0.4, -0.2) is 74.4 Å². The average Bonchev–Trinajstić information content (AvgIpc) is 3.27. The van der Waals surface area contributed by atoms with E-state index in [-0.39, 0.29) is 74.4 Å². The van der Waals surface area contributed by atoms with Crippen molar-refractivity contribution in [3.8, 4) is 23.0 Å². The second-order valence-electron chi connectivity index (χ2n) is 29.7. The van der Waals surface area contributed by atoms with Crippen LogP contribution in [0.3, 0.4) is 0 Å². The van der Waals surface area contributed by atoms with Gasteiger partial charge < -0.3 is 20.4 Å². The average molecular weight is 1230 g/mol. The maximum absolute atomic E-state index is 11.8. The van der Waals surface area contributed by atoms with Gasteiger partial charge in [0, 0.05) is 107 Å². The summed E-state index contributed by atoms with van der Waals surface area (Å²) in [7, 11) is 0. The van der Waals surface area contributed by atoms with Gasteiger partial charge in [-0.25, -0.2) is 0 Å². The first kappa shape index (κ1) is 64.3. The number of hydrogen-bond acceptors (Lipinski definition) is 7. The summed E-state index contributed by atoms with van der Waals surface area (Å²) in [5.41, 5.74) is 11.2. The third-order valence-corrected chi connectivity index (χ3v) is 14.6. The number of nitrogens with zero attached hydrogens (tertiary/aromatic N) is 3. The first-order valence-corrected chi connectivity index (χ1v) is 27.0. The number of hydrogen-bond donors (Lipinski definition) is 4. The third kappa shape index (κ3) is 17.5. The molecule has 1 saturated heterocycles. The number of aromatic hydroxyl groups is 4. The molecular weight excluding hydrogens is 1120 g/mol. The Morgan fingerprint density at radius 2 is 0.521 bits per heavy atom. The molecule has 1 aliphatic rings. The molecule has 406 valence electrons. The molecule has 1 aliphatic heterocycles. The second kappa shape index (κ2) is 23.3. The predicted molar refractivity (Wildman–Crippen MR) is 308 cm³/mol. The fourth-order valence-electron chi connectivity index (χ4n) is 9.44. The molecule has 4 aromatic rings. The molecule has 4 N–H and O–H groups in total. The molecule has 0 radical (unpaired) electrons. The van der Waals surface area contributed by atoms with Gasteiger partial charge in [0.2, 0.25) is 0 Å². The standard InChI is InChI=1S/C51H81N3O3.C14H22O.U/c1-46(2,3)37-25-34(43(55)40(28-37)49(10,11)12)31-52-19-21-53(32-35-26-38(47(4,5)6)29-41(44(35)56)50(13,14)15)23-24-54(22-20-52)33-36-27-39(48(7,8)9)30-42(45(36)57)51(16,17)18;1-13(2,3)10-7-8-12(15)11(9-10)14(4,5)6;/h25-30,55-57H,19-24,31-33H2,1-18H3;7-9,15H,1-6H3;. The van der Waals surface area contributed by atoms with E-state index >= 15 is 0 Å². The number of phenolic OH excluding ortho intramolecular Hbond substituents is 4. The van der Waals surface area contributed by atoms with Gasteiger partial charge in [-0.3, -0.25) is 14.7 Å². The van der Waals surface area contributed by atoms with Gasteiger partial charge in [-0.1, -0.05) is 215 Å². The SMILES string of the molecule is CC(C)(C)c1cc(CN2CCN(Cc3cc(C(C)(C)C)cc(C(C)(C)C)c3O)CCN(Cc3cc(C(C)(C)C)cc(C(C)(C)C)c3O)CC2)c(O)c(C(C)(C)C)c1.CC(C)(C)c1ccc(O)c(C(C)(C)C)c1.[U]. The maximum Gasteiger partial charge on any atom is 0.123 e. The molecule has 7 nitrogen and oxygen atoms in total. The molecule has 1 fully saturated rings. The summed E-state index contributed by atoms with van der Waals surface area (Å²) in [5, 5.41) is 45.4. The quantitative estimate of drug-likeness (QED) is 0.153. The van der Waals surface area contributed by atoms with Crippen molar-refractivity contribution in [2.75, 3.05) is 39.3 Å². The van der Waals surface area contributed by atoms with Crippen LogP contribution in [0, 0.1) is 31.1 Å². The van der Waals surface area contributed by atoms with Crippen molar-refractivity contribution in [2.45, 2.75) is 229 Å². The van der Waals surface area contributed by atoms with E-state index in [9.17, 15) is 20.4 Å². The zero-order chi connectivity index (χ0) is 55.1. The predicted octanol–water partition coefficient (Wildman–Crippen LogP) is 15.4. The smallest absolute Gasteiger partial charge is 0.123 e. The van der Waals surface area contributed by atoms with Crippen molar-refractivity contribution in [1.82, 2.24) is 14.7 Å². The van der Waals surface area contributed by atoms with E-state index in [0.717, 1.165) is 78.2 Å². The molecule has 1 heterocycles. The Kier molecular flexibility index (Phi) is 20.5. The minimum absolute atomic E-state index is 0. The van der Waals surface area contributed by atoms with Gasteiger partial charge in [-0.15, -0.1) is 0 Å². The van der Waals surface area contributed by atoms with Crippen LogP contribution < -0.4 is 0 Å². The van der Waals surface area contributed by atoms with E-state index in [0.29, 0.717) is 42.6 Å². The van der Waals surface area contributed by atoms with Crippen molar-refractivity contribution in [1.29, 1.82) is 0 Å². The van der Waals surface area contributed by atoms with E-state index in [4.69, 9.17) is 0 Å².